The fourth-order valence-corrected chi connectivity index (χ4v) is 2.42. The van der Waals surface area contributed by atoms with Crippen molar-refractivity contribution in [1.82, 2.24) is 5.32 Å². The summed E-state index contributed by atoms with van der Waals surface area (Å²) < 4.78 is 0. The van der Waals surface area contributed by atoms with Crippen LogP contribution < -0.4 is 5.32 Å². The van der Waals surface area contributed by atoms with E-state index in [1.165, 1.54) is 32.1 Å². The first-order valence-corrected chi connectivity index (χ1v) is 9.37. The smallest absolute Gasteiger partial charge is 0.269 e. The molecule has 7 heteroatoms. The van der Waals surface area contributed by atoms with Crippen molar-refractivity contribution in [2.24, 2.45) is 5.16 Å². The molecule has 0 bridgehead atoms. The summed E-state index contributed by atoms with van der Waals surface area (Å²) in [6.45, 7) is 2.60. The topological polar surface area (TPSA) is 105 Å². The van der Waals surface area contributed by atoms with Gasteiger partial charge in [-0.15, -0.1) is 0 Å². The van der Waals surface area contributed by atoms with Crippen LogP contribution in [0.2, 0.25) is 0 Å². The Morgan fingerprint density at radius 2 is 1.76 bits per heavy atom. The number of carbonyl (C=O) groups is 1. The summed E-state index contributed by atoms with van der Waals surface area (Å²) in [6, 6.07) is 0. The molecule has 0 aliphatic heterocycles. The Hall–Kier alpha value is -1.92. The second-order valence-electron chi connectivity index (χ2n) is 6.15. The van der Waals surface area contributed by atoms with Crippen LogP contribution >= 0.6 is 0 Å². The van der Waals surface area contributed by atoms with Gasteiger partial charge in [0.1, 0.15) is 5.71 Å². The predicted octanol–water partition coefficient (Wildman–Crippen LogP) is 4.08. The maximum absolute atomic E-state index is 11.9. The van der Waals surface area contributed by atoms with Crippen LogP contribution in [0.25, 0.3) is 0 Å². The molecular formula is C18H33N3O4. The zero-order valence-corrected chi connectivity index (χ0v) is 15.4. The van der Waals surface area contributed by atoms with Crippen LogP contribution in [0.3, 0.4) is 0 Å². The van der Waals surface area contributed by atoms with E-state index in [-0.39, 0.29) is 23.1 Å². The quantitative estimate of drug-likeness (QED) is 0.109. The summed E-state index contributed by atoms with van der Waals surface area (Å²) in [7, 11) is 0. The summed E-state index contributed by atoms with van der Waals surface area (Å²) in [4.78, 5) is 21.7. The van der Waals surface area contributed by atoms with Crippen LogP contribution in [-0.2, 0) is 4.79 Å². The van der Waals surface area contributed by atoms with E-state index in [2.05, 4.69) is 23.5 Å². The van der Waals surface area contributed by atoms with Crippen molar-refractivity contribution in [3.8, 4) is 0 Å². The lowest BCUT2D eigenvalue weighted by Crippen LogP contribution is -2.31. The van der Waals surface area contributed by atoms with E-state index in [4.69, 9.17) is 5.21 Å². The van der Waals surface area contributed by atoms with E-state index in [1.54, 1.807) is 0 Å². The molecule has 0 aromatic rings. The van der Waals surface area contributed by atoms with Gasteiger partial charge in [0.25, 0.3) is 5.91 Å². The molecule has 0 aromatic heterocycles. The Kier molecular flexibility index (Phi) is 15.6. The minimum absolute atomic E-state index is 0.0215. The molecule has 7 nitrogen and oxygen atoms in total. The van der Waals surface area contributed by atoms with Crippen LogP contribution in [0.4, 0.5) is 0 Å². The fourth-order valence-electron chi connectivity index (χ4n) is 2.42. The van der Waals surface area contributed by atoms with E-state index in [0.717, 1.165) is 19.3 Å². The first kappa shape index (κ1) is 23.1. The third kappa shape index (κ3) is 15.4. The summed E-state index contributed by atoms with van der Waals surface area (Å²) in [5.41, 5.74) is 0.113. The van der Waals surface area contributed by atoms with Crippen LogP contribution in [0, 0.1) is 10.1 Å². The van der Waals surface area contributed by atoms with Crippen molar-refractivity contribution in [1.29, 1.82) is 0 Å². The molecular weight excluding hydrogens is 322 g/mol. The molecule has 0 heterocycles. The maximum Gasteiger partial charge on any atom is 0.269 e. The SMILES string of the molecule is CCCCCCCC=CCNC(=O)C(CCCCCC[N+](=O)[O-])=NO. The summed E-state index contributed by atoms with van der Waals surface area (Å²) in [6.07, 6.45) is 14.3. The molecule has 0 unspecified atom stereocenters. The highest BCUT2D eigenvalue weighted by molar-refractivity contribution is 6.38. The van der Waals surface area contributed by atoms with Gasteiger partial charge in [-0.3, -0.25) is 14.9 Å². The number of unbranched alkanes of at least 4 members (excludes halogenated alkanes) is 8. The highest BCUT2D eigenvalue weighted by atomic mass is 16.6. The van der Waals surface area contributed by atoms with E-state index >= 15 is 0 Å². The number of allylic oxidation sites excluding steroid dienone is 1. The number of hydrogen-bond donors (Lipinski definition) is 2. The van der Waals surface area contributed by atoms with Crippen LogP contribution in [0.1, 0.15) is 77.6 Å². The molecule has 0 rings (SSSR count). The van der Waals surface area contributed by atoms with Crippen LogP contribution in [-0.4, -0.2) is 34.8 Å². The highest BCUT2D eigenvalue weighted by Gasteiger charge is 2.10. The molecule has 0 spiro atoms. The van der Waals surface area contributed by atoms with E-state index in [1.807, 2.05) is 6.08 Å². The van der Waals surface area contributed by atoms with E-state index in [9.17, 15) is 14.9 Å². The number of nitrogens with zero attached hydrogens (tertiary/aromatic N) is 2. The Balaban J connectivity index is 3.71. The summed E-state index contributed by atoms with van der Waals surface area (Å²) >= 11 is 0. The second-order valence-corrected chi connectivity index (χ2v) is 6.15. The fraction of sp³-hybridized carbons (Fsp3) is 0.778. The van der Waals surface area contributed by atoms with Crippen molar-refractivity contribution in [2.45, 2.75) is 77.6 Å². The van der Waals surface area contributed by atoms with Gasteiger partial charge in [0.15, 0.2) is 0 Å². The lowest BCUT2D eigenvalue weighted by atomic mass is 10.1. The normalized spacial score (nSPS) is 11.8. The molecule has 0 atom stereocenters. The predicted molar refractivity (Wildman–Crippen MR) is 99.7 cm³/mol. The average molecular weight is 355 g/mol. The molecule has 0 aromatic carbocycles. The van der Waals surface area contributed by atoms with Gasteiger partial charge in [0.2, 0.25) is 6.54 Å². The largest absolute Gasteiger partial charge is 0.410 e. The van der Waals surface area contributed by atoms with Crippen molar-refractivity contribution < 1.29 is 14.9 Å². The van der Waals surface area contributed by atoms with Gasteiger partial charge < -0.3 is 10.5 Å². The maximum atomic E-state index is 11.9. The van der Waals surface area contributed by atoms with Gasteiger partial charge in [-0.05, 0) is 32.1 Å². The van der Waals surface area contributed by atoms with Gasteiger partial charge in [-0.2, -0.15) is 0 Å². The second kappa shape index (κ2) is 16.9. The number of rotatable bonds is 16. The molecule has 0 saturated heterocycles. The van der Waals surface area contributed by atoms with Crippen LogP contribution in [0.5, 0.6) is 0 Å². The number of amides is 1. The minimum Gasteiger partial charge on any atom is -0.410 e. The van der Waals surface area contributed by atoms with Gasteiger partial charge in [-0.25, -0.2) is 0 Å². The van der Waals surface area contributed by atoms with Crippen LogP contribution in [0.15, 0.2) is 17.3 Å². The van der Waals surface area contributed by atoms with Crippen molar-refractivity contribution >= 4 is 11.6 Å². The first-order chi connectivity index (χ1) is 12.1. The van der Waals surface area contributed by atoms with Crippen molar-refractivity contribution in [3.05, 3.63) is 22.3 Å². The Labute approximate surface area is 150 Å². The number of hydrogen-bond acceptors (Lipinski definition) is 5. The zero-order valence-electron chi connectivity index (χ0n) is 15.4. The number of nitrogens with one attached hydrogen (secondary N) is 1. The molecule has 2 N–H and O–H groups in total. The lowest BCUT2D eigenvalue weighted by molar-refractivity contribution is -0.480. The monoisotopic (exact) mass is 355 g/mol. The zero-order chi connectivity index (χ0) is 18.8. The molecule has 0 radical (unpaired) electrons. The molecule has 25 heavy (non-hydrogen) atoms. The van der Waals surface area contributed by atoms with Gasteiger partial charge in [0, 0.05) is 17.9 Å². The molecule has 0 aliphatic carbocycles. The molecule has 1 amide bonds. The number of nitro groups is 1. The average Bonchev–Trinajstić information content (AvgIpc) is 2.59. The van der Waals surface area contributed by atoms with Crippen molar-refractivity contribution in [2.75, 3.05) is 13.1 Å². The van der Waals surface area contributed by atoms with E-state index in [0.29, 0.717) is 25.8 Å². The number of oxime groups is 1. The molecule has 0 fully saturated rings. The third-order valence-electron chi connectivity index (χ3n) is 3.91. The summed E-state index contributed by atoms with van der Waals surface area (Å²) in [5, 5.41) is 24.9. The number of carbonyl (C=O) groups excluding carboxylic acids is 1. The van der Waals surface area contributed by atoms with Gasteiger partial charge in [0.05, 0.1) is 0 Å². The highest BCUT2D eigenvalue weighted by Crippen LogP contribution is 2.06. The molecule has 144 valence electrons. The first-order valence-electron chi connectivity index (χ1n) is 9.37. The van der Waals surface area contributed by atoms with Gasteiger partial charge in [-0.1, -0.05) is 56.3 Å². The van der Waals surface area contributed by atoms with E-state index < -0.39 is 0 Å². The summed E-state index contributed by atoms with van der Waals surface area (Å²) in [5.74, 6) is -0.361. The van der Waals surface area contributed by atoms with Crippen molar-refractivity contribution in [3.63, 3.8) is 0 Å². The Bertz CT molecular complexity index is 423. The Morgan fingerprint density at radius 1 is 1.08 bits per heavy atom. The standard InChI is InChI=1S/C18H33N3O4/c1-2-3-4-5-6-7-9-12-15-19-18(22)17(20-23)14-11-8-10-13-16-21(24)25/h9,12,23H,2-8,10-11,13-16H2,1H3,(H,19,22). The lowest BCUT2D eigenvalue weighted by Gasteiger charge is -2.04. The minimum atomic E-state index is -0.361. The Morgan fingerprint density at radius 3 is 2.44 bits per heavy atom. The third-order valence-corrected chi connectivity index (χ3v) is 3.91. The molecule has 0 saturated carbocycles. The molecule has 0 aliphatic rings. The van der Waals surface area contributed by atoms with Gasteiger partial charge >= 0.3 is 0 Å².